The molecule has 1 fully saturated rings. The third-order valence-electron chi connectivity index (χ3n) is 3.67. The van der Waals surface area contributed by atoms with Gasteiger partial charge in [0.25, 0.3) is 0 Å². The Morgan fingerprint density at radius 1 is 1.30 bits per heavy atom. The second-order valence-corrected chi connectivity index (χ2v) is 5.08. The van der Waals surface area contributed by atoms with E-state index < -0.39 is 0 Å². The lowest BCUT2D eigenvalue weighted by Gasteiger charge is -2.36. The Hall–Kier alpha value is -1.75. The van der Waals surface area contributed by atoms with Crippen LogP contribution in [0.1, 0.15) is 12.0 Å². The minimum atomic E-state index is 0.156. The molecular formula is C15H23N3O2. The highest BCUT2D eigenvalue weighted by Gasteiger charge is 2.22. The van der Waals surface area contributed by atoms with Gasteiger partial charge in [0.2, 0.25) is 5.91 Å². The van der Waals surface area contributed by atoms with Gasteiger partial charge in [-0.1, -0.05) is 6.07 Å². The fourth-order valence-corrected chi connectivity index (χ4v) is 2.53. The lowest BCUT2D eigenvalue weighted by Crippen LogP contribution is -2.49. The van der Waals surface area contributed by atoms with Crippen LogP contribution in [0.15, 0.2) is 18.2 Å². The molecule has 1 heterocycles. The molecule has 1 aromatic rings. The van der Waals surface area contributed by atoms with Crippen molar-refractivity contribution < 1.29 is 9.53 Å². The number of piperazine rings is 1. The summed E-state index contributed by atoms with van der Waals surface area (Å²) in [6, 6.07) is 6.18. The van der Waals surface area contributed by atoms with Crippen molar-refractivity contribution in [1.29, 1.82) is 0 Å². The van der Waals surface area contributed by atoms with Crippen molar-refractivity contribution in [3.05, 3.63) is 23.8 Å². The average molecular weight is 277 g/mol. The van der Waals surface area contributed by atoms with Crippen LogP contribution in [0.2, 0.25) is 0 Å². The molecule has 1 aliphatic rings. The summed E-state index contributed by atoms with van der Waals surface area (Å²) >= 11 is 0. The Morgan fingerprint density at radius 2 is 2.00 bits per heavy atom. The van der Waals surface area contributed by atoms with Gasteiger partial charge in [0.15, 0.2) is 0 Å². The number of nitrogens with zero attached hydrogens (tertiary/aromatic N) is 2. The standard InChI is InChI=1S/C15H23N3O2/c1-12-3-4-14(20-2)13(11-12)17-7-9-18(10-8-17)15(19)5-6-16/h3-4,11H,5-10,16H2,1-2H3. The van der Waals surface area contributed by atoms with Crippen molar-refractivity contribution in [2.45, 2.75) is 13.3 Å². The molecule has 1 saturated heterocycles. The van der Waals surface area contributed by atoms with Crippen molar-refractivity contribution in [3.8, 4) is 5.75 Å². The summed E-state index contributed by atoms with van der Waals surface area (Å²) in [7, 11) is 1.69. The number of hydrogen-bond donors (Lipinski definition) is 1. The van der Waals surface area contributed by atoms with Crippen molar-refractivity contribution in [3.63, 3.8) is 0 Å². The molecule has 1 aromatic carbocycles. The van der Waals surface area contributed by atoms with Crippen LogP contribution in [-0.2, 0) is 4.79 Å². The van der Waals surface area contributed by atoms with Crippen LogP contribution in [-0.4, -0.2) is 50.6 Å². The first-order valence-corrected chi connectivity index (χ1v) is 7.03. The maximum Gasteiger partial charge on any atom is 0.223 e. The van der Waals surface area contributed by atoms with E-state index >= 15 is 0 Å². The van der Waals surface area contributed by atoms with Gasteiger partial charge < -0.3 is 20.3 Å². The van der Waals surface area contributed by atoms with E-state index in [4.69, 9.17) is 10.5 Å². The van der Waals surface area contributed by atoms with Crippen LogP contribution < -0.4 is 15.4 Å². The quantitative estimate of drug-likeness (QED) is 0.892. The third kappa shape index (κ3) is 3.22. The van der Waals surface area contributed by atoms with Crippen molar-refractivity contribution in [1.82, 2.24) is 4.90 Å². The summed E-state index contributed by atoms with van der Waals surface area (Å²) < 4.78 is 5.43. The summed E-state index contributed by atoms with van der Waals surface area (Å²) in [4.78, 5) is 16.0. The second-order valence-electron chi connectivity index (χ2n) is 5.08. The van der Waals surface area contributed by atoms with Gasteiger partial charge >= 0.3 is 0 Å². The van der Waals surface area contributed by atoms with Gasteiger partial charge in [-0.2, -0.15) is 0 Å². The number of hydrogen-bond acceptors (Lipinski definition) is 4. The number of methoxy groups -OCH3 is 1. The highest BCUT2D eigenvalue weighted by Crippen LogP contribution is 2.29. The number of rotatable bonds is 4. The van der Waals surface area contributed by atoms with Crippen LogP contribution in [0, 0.1) is 6.92 Å². The number of anilines is 1. The Bertz CT molecular complexity index is 468. The topological polar surface area (TPSA) is 58.8 Å². The molecule has 20 heavy (non-hydrogen) atoms. The van der Waals surface area contributed by atoms with Gasteiger partial charge in [-0.15, -0.1) is 0 Å². The van der Waals surface area contributed by atoms with E-state index in [1.807, 2.05) is 17.0 Å². The van der Waals surface area contributed by atoms with E-state index in [9.17, 15) is 4.79 Å². The van der Waals surface area contributed by atoms with Crippen molar-refractivity contribution in [2.24, 2.45) is 5.73 Å². The van der Waals surface area contributed by atoms with Crippen LogP contribution in [0.5, 0.6) is 5.75 Å². The number of benzene rings is 1. The second kappa shape index (κ2) is 6.61. The minimum absolute atomic E-state index is 0.156. The Labute approximate surface area is 120 Å². The molecule has 0 radical (unpaired) electrons. The zero-order chi connectivity index (χ0) is 14.5. The molecule has 0 aromatic heterocycles. The molecule has 110 valence electrons. The van der Waals surface area contributed by atoms with E-state index in [1.54, 1.807) is 7.11 Å². The van der Waals surface area contributed by atoms with E-state index in [1.165, 1.54) is 5.56 Å². The Kier molecular flexibility index (Phi) is 4.84. The molecule has 0 bridgehead atoms. The molecule has 2 N–H and O–H groups in total. The van der Waals surface area contributed by atoms with Gasteiger partial charge in [-0.25, -0.2) is 0 Å². The average Bonchev–Trinajstić information content (AvgIpc) is 2.47. The number of amides is 1. The van der Waals surface area contributed by atoms with Crippen LogP contribution in [0.25, 0.3) is 0 Å². The van der Waals surface area contributed by atoms with Crippen molar-refractivity contribution in [2.75, 3.05) is 44.7 Å². The minimum Gasteiger partial charge on any atom is -0.495 e. The van der Waals surface area contributed by atoms with E-state index in [0.29, 0.717) is 13.0 Å². The van der Waals surface area contributed by atoms with Crippen LogP contribution in [0.4, 0.5) is 5.69 Å². The Balaban J connectivity index is 2.03. The Morgan fingerprint density at radius 3 is 2.60 bits per heavy atom. The highest BCUT2D eigenvalue weighted by atomic mass is 16.5. The predicted octanol–water partition coefficient (Wildman–Crippen LogP) is 1.00. The maximum atomic E-state index is 11.8. The molecule has 0 spiro atoms. The first-order chi connectivity index (χ1) is 9.65. The summed E-state index contributed by atoms with van der Waals surface area (Å²) in [5, 5.41) is 0. The molecule has 0 saturated carbocycles. The molecule has 0 atom stereocenters. The fourth-order valence-electron chi connectivity index (χ4n) is 2.53. The molecule has 2 rings (SSSR count). The number of nitrogens with two attached hydrogens (primary N) is 1. The molecule has 5 heteroatoms. The lowest BCUT2D eigenvalue weighted by molar-refractivity contribution is -0.131. The molecule has 0 unspecified atom stereocenters. The third-order valence-corrected chi connectivity index (χ3v) is 3.67. The van der Waals surface area contributed by atoms with Gasteiger partial charge in [-0.05, 0) is 24.6 Å². The largest absolute Gasteiger partial charge is 0.495 e. The maximum absolute atomic E-state index is 11.8. The van der Waals surface area contributed by atoms with E-state index in [2.05, 4.69) is 17.9 Å². The molecule has 0 aliphatic carbocycles. The summed E-state index contributed by atoms with van der Waals surface area (Å²) in [5.74, 6) is 1.04. The summed E-state index contributed by atoms with van der Waals surface area (Å²) in [6.45, 7) is 5.65. The van der Waals surface area contributed by atoms with E-state index in [0.717, 1.165) is 37.6 Å². The first kappa shape index (κ1) is 14.7. The van der Waals surface area contributed by atoms with Crippen LogP contribution in [0.3, 0.4) is 0 Å². The highest BCUT2D eigenvalue weighted by molar-refractivity contribution is 5.76. The van der Waals surface area contributed by atoms with Gasteiger partial charge in [-0.3, -0.25) is 4.79 Å². The number of carbonyl (C=O) groups excluding carboxylic acids is 1. The monoisotopic (exact) mass is 277 g/mol. The number of ether oxygens (including phenoxy) is 1. The fraction of sp³-hybridized carbons (Fsp3) is 0.533. The zero-order valence-electron chi connectivity index (χ0n) is 12.3. The van der Waals surface area contributed by atoms with E-state index in [-0.39, 0.29) is 5.91 Å². The molecular weight excluding hydrogens is 254 g/mol. The van der Waals surface area contributed by atoms with Crippen molar-refractivity contribution >= 4 is 11.6 Å². The number of carbonyl (C=O) groups is 1. The SMILES string of the molecule is COc1ccc(C)cc1N1CCN(C(=O)CCN)CC1. The normalized spacial score (nSPS) is 15.3. The summed E-state index contributed by atoms with van der Waals surface area (Å²) in [5.41, 5.74) is 7.75. The van der Waals surface area contributed by atoms with Gasteiger partial charge in [0, 0.05) is 39.1 Å². The summed E-state index contributed by atoms with van der Waals surface area (Å²) in [6.07, 6.45) is 0.438. The van der Waals surface area contributed by atoms with Gasteiger partial charge in [0.05, 0.1) is 12.8 Å². The van der Waals surface area contributed by atoms with Crippen LogP contribution >= 0.6 is 0 Å². The molecule has 1 aliphatic heterocycles. The molecule has 5 nitrogen and oxygen atoms in total. The molecule has 1 amide bonds. The zero-order valence-corrected chi connectivity index (χ0v) is 12.3. The lowest BCUT2D eigenvalue weighted by atomic mass is 10.1. The predicted molar refractivity (Wildman–Crippen MR) is 80.2 cm³/mol. The first-order valence-electron chi connectivity index (χ1n) is 7.03. The van der Waals surface area contributed by atoms with Gasteiger partial charge in [0.1, 0.15) is 5.75 Å². The number of aryl methyl sites for hydroxylation is 1. The smallest absolute Gasteiger partial charge is 0.223 e.